The van der Waals surface area contributed by atoms with Crippen LogP contribution in [0.5, 0.6) is 0 Å². The molecular formula is C14H14BFO2S. The van der Waals surface area contributed by atoms with Crippen LogP contribution in [-0.2, 0) is 5.75 Å². The van der Waals surface area contributed by atoms with Gasteiger partial charge in [0.1, 0.15) is 5.82 Å². The van der Waals surface area contributed by atoms with Crippen LogP contribution in [0.2, 0.25) is 0 Å². The van der Waals surface area contributed by atoms with Gasteiger partial charge in [-0.25, -0.2) is 4.39 Å². The van der Waals surface area contributed by atoms with E-state index in [1.807, 2.05) is 31.2 Å². The van der Waals surface area contributed by atoms with E-state index in [-0.39, 0.29) is 5.46 Å². The molecule has 0 heterocycles. The minimum atomic E-state index is -1.64. The van der Waals surface area contributed by atoms with Crippen molar-refractivity contribution in [3.8, 4) is 0 Å². The van der Waals surface area contributed by atoms with Gasteiger partial charge in [-0.15, -0.1) is 11.8 Å². The van der Waals surface area contributed by atoms with Crippen LogP contribution in [0.3, 0.4) is 0 Å². The molecule has 0 saturated carbocycles. The molecule has 0 fully saturated rings. The summed E-state index contributed by atoms with van der Waals surface area (Å²) >= 11 is 1.60. The first kappa shape index (κ1) is 14.1. The second-order valence-electron chi connectivity index (χ2n) is 4.32. The van der Waals surface area contributed by atoms with Crippen molar-refractivity contribution in [2.24, 2.45) is 0 Å². The van der Waals surface area contributed by atoms with Crippen molar-refractivity contribution in [2.45, 2.75) is 17.6 Å². The Balaban J connectivity index is 2.14. The first-order valence-electron chi connectivity index (χ1n) is 5.90. The third-order valence-corrected chi connectivity index (χ3v) is 4.01. The van der Waals surface area contributed by atoms with Gasteiger partial charge >= 0.3 is 7.12 Å². The summed E-state index contributed by atoms with van der Waals surface area (Å²) in [5.41, 5.74) is 2.09. The second kappa shape index (κ2) is 6.24. The lowest BCUT2D eigenvalue weighted by Gasteiger charge is -2.07. The fourth-order valence-corrected chi connectivity index (χ4v) is 2.75. The smallest absolute Gasteiger partial charge is 0.423 e. The van der Waals surface area contributed by atoms with E-state index in [1.54, 1.807) is 17.8 Å². The highest BCUT2D eigenvalue weighted by Gasteiger charge is 2.13. The minimum absolute atomic E-state index is 0.181. The van der Waals surface area contributed by atoms with Gasteiger partial charge in [0.15, 0.2) is 0 Å². The first-order chi connectivity index (χ1) is 9.06. The Morgan fingerprint density at radius 2 is 1.89 bits per heavy atom. The number of hydrogen-bond donors (Lipinski definition) is 2. The summed E-state index contributed by atoms with van der Waals surface area (Å²) in [6, 6.07) is 12.1. The zero-order valence-electron chi connectivity index (χ0n) is 10.5. The largest absolute Gasteiger partial charge is 0.488 e. The van der Waals surface area contributed by atoms with Crippen LogP contribution in [0.15, 0.2) is 47.4 Å². The van der Waals surface area contributed by atoms with Crippen LogP contribution in [0.25, 0.3) is 0 Å². The normalized spacial score (nSPS) is 10.5. The molecule has 5 heteroatoms. The van der Waals surface area contributed by atoms with E-state index in [0.717, 1.165) is 16.5 Å². The first-order valence-corrected chi connectivity index (χ1v) is 6.89. The zero-order valence-corrected chi connectivity index (χ0v) is 11.3. The van der Waals surface area contributed by atoms with Crippen LogP contribution < -0.4 is 5.46 Å². The Bertz CT molecular complexity index is 575. The molecule has 98 valence electrons. The molecule has 0 bridgehead atoms. The van der Waals surface area contributed by atoms with Gasteiger partial charge in [0, 0.05) is 10.6 Å². The van der Waals surface area contributed by atoms with Gasteiger partial charge in [-0.2, -0.15) is 0 Å². The van der Waals surface area contributed by atoms with Gasteiger partial charge in [0.2, 0.25) is 0 Å². The monoisotopic (exact) mass is 276 g/mol. The van der Waals surface area contributed by atoms with Crippen LogP contribution in [0.4, 0.5) is 4.39 Å². The van der Waals surface area contributed by atoms with Crippen molar-refractivity contribution in [1.82, 2.24) is 0 Å². The van der Waals surface area contributed by atoms with Crippen LogP contribution in [0, 0.1) is 12.7 Å². The Hall–Kier alpha value is -1.30. The summed E-state index contributed by atoms with van der Waals surface area (Å²) < 4.78 is 13.4. The number of benzene rings is 2. The number of thioether (sulfide) groups is 1. The molecular weight excluding hydrogens is 262 g/mol. The highest BCUT2D eigenvalue weighted by atomic mass is 32.2. The number of hydrogen-bond acceptors (Lipinski definition) is 3. The van der Waals surface area contributed by atoms with E-state index in [4.69, 9.17) is 10.0 Å². The Morgan fingerprint density at radius 3 is 2.58 bits per heavy atom. The molecule has 2 nitrogen and oxygen atoms in total. The second-order valence-corrected chi connectivity index (χ2v) is 5.34. The average Bonchev–Trinajstić information content (AvgIpc) is 2.37. The minimum Gasteiger partial charge on any atom is -0.423 e. The van der Waals surface area contributed by atoms with Crippen molar-refractivity contribution in [2.75, 3.05) is 0 Å². The molecule has 0 saturated heterocycles. The zero-order chi connectivity index (χ0) is 13.8. The summed E-state index contributed by atoms with van der Waals surface area (Å²) in [4.78, 5) is 1.14. The molecule has 19 heavy (non-hydrogen) atoms. The van der Waals surface area contributed by atoms with Gasteiger partial charge in [-0.3, -0.25) is 0 Å². The highest BCUT2D eigenvalue weighted by Crippen LogP contribution is 2.25. The maximum Gasteiger partial charge on any atom is 0.488 e. The molecule has 0 amide bonds. The summed E-state index contributed by atoms with van der Waals surface area (Å²) in [5, 5.41) is 18.2. The van der Waals surface area contributed by atoms with Crippen molar-refractivity contribution < 1.29 is 14.4 Å². The predicted molar refractivity (Wildman–Crippen MR) is 77.0 cm³/mol. The van der Waals surface area contributed by atoms with Crippen LogP contribution >= 0.6 is 11.8 Å². The van der Waals surface area contributed by atoms with E-state index in [0.29, 0.717) is 5.75 Å². The van der Waals surface area contributed by atoms with Crippen molar-refractivity contribution >= 4 is 24.3 Å². The summed E-state index contributed by atoms with van der Waals surface area (Å²) in [6.45, 7) is 2.02. The van der Waals surface area contributed by atoms with Crippen LogP contribution in [-0.4, -0.2) is 17.2 Å². The van der Waals surface area contributed by atoms with E-state index < -0.39 is 12.9 Å². The van der Waals surface area contributed by atoms with Crippen molar-refractivity contribution in [3.05, 3.63) is 59.4 Å². The van der Waals surface area contributed by atoms with E-state index in [2.05, 4.69) is 0 Å². The fourth-order valence-electron chi connectivity index (χ4n) is 1.79. The maximum atomic E-state index is 13.4. The third-order valence-electron chi connectivity index (χ3n) is 2.77. The molecule has 0 radical (unpaired) electrons. The molecule has 2 aromatic carbocycles. The SMILES string of the molecule is Cc1ccccc1SCc1cc(F)cc(B(O)O)c1. The number of halogens is 1. The summed E-state index contributed by atoms with van der Waals surface area (Å²) in [5.74, 6) is 0.133. The molecule has 2 N–H and O–H groups in total. The van der Waals surface area contributed by atoms with Crippen molar-refractivity contribution in [3.63, 3.8) is 0 Å². The molecule has 0 unspecified atom stereocenters. The quantitative estimate of drug-likeness (QED) is 0.663. The van der Waals surface area contributed by atoms with Crippen molar-refractivity contribution in [1.29, 1.82) is 0 Å². The molecule has 0 spiro atoms. The maximum absolute atomic E-state index is 13.4. The summed E-state index contributed by atoms with van der Waals surface area (Å²) in [6.07, 6.45) is 0. The molecule has 0 aliphatic carbocycles. The number of aryl methyl sites for hydroxylation is 1. The fraction of sp³-hybridized carbons (Fsp3) is 0.143. The standard InChI is InChI=1S/C14H14BFO2S/c1-10-4-2-3-5-14(10)19-9-11-6-12(15(17)18)8-13(16)7-11/h2-8,17-18H,9H2,1H3. The van der Waals surface area contributed by atoms with Crippen LogP contribution in [0.1, 0.15) is 11.1 Å². The third kappa shape index (κ3) is 3.83. The lowest BCUT2D eigenvalue weighted by molar-refractivity contribution is 0.425. The Labute approximate surface area is 116 Å². The van der Waals surface area contributed by atoms with Gasteiger partial charge in [0.25, 0.3) is 0 Å². The molecule has 0 aromatic heterocycles. The molecule has 0 aliphatic heterocycles. The Morgan fingerprint density at radius 1 is 1.16 bits per heavy atom. The summed E-state index contributed by atoms with van der Waals surface area (Å²) in [7, 11) is -1.64. The van der Waals surface area contributed by atoms with Gasteiger partial charge in [-0.1, -0.05) is 24.3 Å². The topological polar surface area (TPSA) is 40.5 Å². The predicted octanol–water partition coefficient (Wildman–Crippen LogP) is 2.11. The Kier molecular flexibility index (Phi) is 4.63. The lowest BCUT2D eigenvalue weighted by atomic mass is 9.79. The van der Waals surface area contributed by atoms with Gasteiger partial charge in [-0.05, 0) is 41.7 Å². The molecule has 0 atom stereocenters. The van der Waals surface area contributed by atoms with E-state index in [9.17, 15) is 4.39 Å². The van der Waals surface area contributed by atoms with E-state index in [1.165, 1.54) is 11.6 Å². The molecule has 2 rings (SSSR count). The van der Waals surface area contributed by atoms with E-state index >= 15 is 0 Å². The average molecular weight is 276 g/mol. The molecule has 0 aliphatic rings. The highest BCUT2D eigenvalue weighted by molar-refractivity contribution is 7.98. The lowest BCUT2D eigenvalue weighted by Crippen LogP contribution is -2.30. The van der Waals surface area contributed by atoms with Gasteiger partial charge < -0.3 is 10.0 Å². The van der Waals surface area contributed by atoms with Gasteiger partial charge in [0.05, 0.1) is 0 Å². The number of rotatable bonds is 4. The molecule has 2 aromatic rings.